The third-order valence-corrected chi connectivity index (χ3v) is 6.75. The molecule has 0 saturated carbocycles. The average molecular weight is 431 g/mol. The van der Waals surface area contributed by atoms with Crippen LogP contribution < -0.4 is 0 Å². The smallest absolute Gasteiger partial charge is 0.253 e. The number of nitrogens with zero attached hydrogens (tertiary/aromatic N) is 2. The molecular weight excluding hydrogens is 404 g/mol. The molecule has 0 radical (unpaired) electrons. The standard InChI is InChI=1S/C26H26N2O2S/c1-19-8-10-21(11-9-19)16-27(2)25(30)22-12-14-23(15-13-22)26-28(24(29)18-31-26)17-20-6-4-3-5-7-20/h3-15,26H,16-18H2,1-2H3/t26-/m0/s1. The van der Waals surface area contributed by atoms with Gasteiger partial charge in [0, 0.05) is 25.7 Å². The molecule has 5 heteroatoms. The van der Waals surface area contributed by atoms with Crippen molar-refractivity contribution in [3.8, 4) is 0 Å². The number of benzene rings is 3. The predicted molar refractivity (Wildman–Crippen MR) is 126 cm³/mol. The number of rotatable bonds is 6. The summed E-state index contributed by atoms with van der Waals surface area (Å²) in [5.74, 6) is 0.623. The molecular formula is C26H26N2O2S. The summed E-state index contributed by atoms with van der Waals surface area (Å²) in [6.45, 7) is 3.22. The fourth-order valence-corrected chi connectivity index (χ4v) is 4.92. The molecule has 158 valence electrons. The molecule has 0 aliphatic carbocycles. The lowest BCUT2D eigenvalue weighted by Crippen LogP contribution is -2.28. The van der Waals surface area contributed by atoms with Gasteiger partial charge in [-0.05, 0) is 35.7 Å². The van der Waals surface area contributed by atoms with Crippen molar-refractivity contribution in [3.63, 3.8) is 0 Å². The molecule has 3 aromatic rings. The van der Waals surface area contributed by atoms with Gasteiger partial charge in [0.2, 0.25) is 5.91 Å². The molecule has 1 heterocycles. The van der Waals surface area contributed by atoms with Gasteiger partial charge in [-0.3, -0.25) is 9.59 Å². The Morgan fingerprint density at radius 3 is 2.32 bits per heavy atom. The summed E-state index contributed by atoms with van der Waals surface area (Å²) < 4.78 is 0. The van der Waals surface area contributed by atoms with Gasteiger partial charge in [-0.25, -0.2) is 0 Å². The van der Waals surface area contributed by atoms with Crippen molar-refractivity contribution in [3.05, 3.63) is 107 Å². The second kappa shape index (κ2) is 9.40. The van der Waals surface area contributed by atoms with E-state index >= 15 is 0 Å². The number of carbonyl (C=O) groups excluding carboxylic acids is 2. The Kier molecular flexibility index (Phi) is 6.42. The molecule has 31 heavy (non-hydrogen) atoms. The molecule has 4 rings (SSSR count). The Hall–Kier alpha value is -3.05. The maximum absolute atomic E-state index is 12.9. The number of hydrogen-bond acceptors (Lipinski definition) is 3. The molecule has 0 aromatic heterocycles. The van der Waals surface area contributed by atoms with Gasteiger partial charge in [-0.2, -0.15) is 0 Å². The van der Waals surface area contributed by atoms with Crippen molar-refractivity contribution in [1.82, 2.24) is 9.80 Å². The molecule has 0 unspecified atom stereocenters. The van der Waals surface area contributed by atoms with Gasteiger partial charge in [0.15, 0.2) is 0 Å². The first-order valence-electron chi connectivity index (χ1n) is 10.4. The monoisotopic (exact) mass is 430 g/mol. The van der Waals surface area contributed by atoms with E-state index in [4.69, 9.17) is 0 Å². The van der Waals surface area contributed by atoms with E-state index < -0.39 is 0 Å². The van der Waals surface area contributed by atoms with Gasteiger partial charge < -0.3 is 9.80 Å². The van der Waals surface area contributed by atoms with Crippen molar-refractivity contribution in [2.24, 2.45) is 0 Å². The highest BCUT2D eigenvalue weighted by Gasteiger charge is 2.32. The summed E-state index contributed by atoms with van der Waals surface area (Å²) in [4.78, 5) is 29.0. The quantitative estimate of drug-likeness (QED) is 0.550. The molecule has 3 aromatic carbocycles. The van der Waals surface area contributed by atoms with E-state index in [-0.39, 0.29) is 17.2 Å². The van der Waals surface area contributed by atoms with Gasteiger partial charge in [0.05, 0.1) is 5.75 Å². The number of thioether (sulfide) groups is 1. The third kappa shape index (κ3) is 5.00. The van der Waals surface area contributed by atoms with Crippen LogP contribution in [-0.4, -0.2) is 34.4 Å². The average Bonchev–Trinajstić information content (AvgIpc) is 3.15. The lowest BCUT2D eigenvalue weighted by molar-refractivity contribution is -0.128. The Bertz CT molecular complexity index is 1050. The summed E-state index contributed by atoms with van der Waals surface area (Å²) in [5.41, 5.74) is 5.13. The van der Waals surface area contributed by atoms with E-state index in [9.17, 15) is 9.59 Å². The van der Waals surface area contributed by atoms with E-state index in [2.05, 4.69) is 31.2 Å². The predicted octanol–water partition coefficient (Wildman–Crippen LogP) is 5.04. The number of amides is 2. The molecule has 2 amide bonds. The minimum Gasteiger partial charge on any atom is -0.337 e. The van der Waals surface area contributed by atoms with Gasteiger partial charge in [0.25, 0.3) is 5.91 Å². The van der Waals surface area contributed by atoms with Crippen molar-refractivity contribution in [2.45, 2.75) is 25.4 Å². The maximum Gasteiger partial charge on any atom is 0.253 e. The number of aryl methyl sites for hydroxylation is 1. The third-order valence-electron chi connectivity index (χ3n) is 5.49. The SMILES string of the molecule is Cc1ccc(CN(C)C(=O)c2ccc([C@@H]3SCC(=O)N3Cc3ccccc3)cc2)cc1. The van der Waals surface area contributed by atoms with Gasteiger partial charge in [0.1, 0.15) is 5.37 Å². The first-order chi connectivity index (χ1) is 15.0. The molecule has 0 spiro atoms. The van der Waals surface area contributed by atoms with E-state index in [0.29, 0.717) is 24.4 Å². The van der Waals surface area contributed by atoms with Crippen molar-refractivity contribution >= 4 is 23.6 Å². The second-order valence-electron chi connectivity index (χ2n) is 7.94. The summed E-state index contributed by atoms with van der Waals surface area (Å²) in [6.07, 6.45) is 0. The van der Waals surface area contributed by atoms with Gasteiger partial charge in [-0.15, -0.1) is 11.8 Å². The first kappa shape index (κ1) is 21.2. The molecule has 4 nitrogen and oxygen atoms in total. The minimum absolute atomic E-state index is 0.0107. The highest BCUT2D eigenvalue weighted by molar-refractivity contribution is 8.00. The number of carbonyl (C=O) groups is 2. The molecule has 1 atom stereocenters. The maximum atomic E-state index is 12.9. The Labute approximate surface area is 187 Å². The molecule has 1 aliphatic heterocycles. The molecule has 1 saturated heterocycles. The van der Waals surface area contributed by atoms with E-state index in [1.165, 1.54) is 5.56 Å². The largest absolute Gasteiger partial charge is 0.337 e. The van der Waals surface area contributed by atoms with Crippen molar-refractivity contribution in [1.29, 1.82) is 0 Å². The highest BCUT2D eigenvalue weighted by Crippen LogP contribution is 2.39. The van der Waals surface area contributed by atoms with Crippen LogP contribution in [0.5, 0.6) is 0 Å². The molecule has 1 fully saturated rings. The van der Waals surface area contributed by atoms with Crippen LogP contribution in [0.2, 0.25) is 0 Å². The summed E-state index contributed by atoms with van der Waals surface area (Å²) in [7, 11) is 1.82. The summed E-state index contributed by atoms with van der Waals surface area (Å²) >= 11 is 1.64. The van der Waals surface area contributed by atoms with Crippen LogP contribution in [0.15, 0.2) is 78.9 Å². The minimum atomic E-state index is -0.0258. The summed E-state index contributed by atoms with van der Waals surface area (Å²) in [5, 5.41) is -0.0258. The number of hydrogen-bond donors (Lipinski definition) is 0. The zero-order valence-corrected chi connectivity index (χ0v) is 18.6. The fraction of sp³-hybridized carbons (Fsp3) is 0.231. The molecule has 0 bridgehead atoms. The zero-order chi connectivity index (χ0) is 21.8. The Morgan fingerprint density at radius 1 is 0.968 bits per heavy atom. The lowest BCUT2D eigenvalue weighted by atomic mass is 10.1. The zero-order valence-electron chi connectivity index (χ0n) is 17.8. The van der Waals surface area contributed by atoms with Crippen LogP contribution in [0, 0.1) is 6.92 Å². The normalized spacial score (nSPS) is 15.9. The van der Waals surface area contributed by atoms with Crippen LogP contribution in [0.3, 0.4) is 0 Å². The van der Waals surface area contributed by atoms with Crippen LogP contribution in [-0.2, 0) is 17.9 Å². The van der Waals surface area contributed by atoms with E-state index in [1.807, 2.05) is 66.5 Å². The van der Waals surface area contributed by atoms with Crippen LogP contribution in [0.25, 0.3) is 0 Å². The first-order valence-corrected chi connectivity index (χ1v) is 11.4. The van der Waals surface area contributed by atoms with Crippen molar-refractivity contribution in [2.75, 3.05) is 12.8 Å². The van der Waals surface area contributed by atoms with E-state index in [1.54, 1.807) is 16.7 Å². The summed E-state index contributed by atoms with van der Waals surface area (Å²) in [6, 6.07) is 26.0. The second-order valence-corrected chi connectivity index (χ2v) is 9.01. The van der Waals surface area contributed by atoms with Gasteiger partial charge in [-0.1, -0.05) is 72.3 Å². The fourth-order valence-electron chi connectivity index (χ4n) is 3.73. The molecule has 0 N–H and O–H groups in total. The van der Waals surface area contributed by atoms with Crippen LogP contribution in [0.4, 0.5) is 0 Å². The molecule has 1 aliphatic rings. The highest BCUT2D eigenvalue weighted by atomic mass is 32.2. The Morgan fingerprint density at radius 2 is 1.65 bits per heavy atom. The Balaban J connectivity index is 1.44. The van der Waals surface area contributed by atoms with Crippen LogP contribution >= 0.6 is 11.8 Å². The lowest BCUT2D eigenvalue weighted by Gasteiger charge is -2.24. The van der Waals surface area contributed by atoms with Crippen LogP contribution in [0.1, 0.15) is 38.0 Å². The van der Waals surface area contributed by atoms with Gasteiger partial charge >= 0.3 is 0 Å². The topological polar surface area (TPSA) is 40.6 Å². The van der Waals surface area contributed by atoms with E-state index in [0.717, 1.165) is 16.7 Å². The van der Waals surface area contributed by atoms with Crippen molar-refractivity contribution < 1.29 is 9.59 Å².